The third kappa shape index (κ3) is 5.02. The summed E-state index contributed by atoms with van der Waals surface area (Å²) in [6.07, 6.45) is 0.686. The lowest BCUT2D eigenvalue weighted by Gasteiger charge is -2.25. The van der Waals surface area contributed by atoms with Gasteiger partial charge in [0.1, 0.15) is 5.75 Å². The Hall–Kier alpha value is -1.26. The maximum absolute atomic E-state index is 12.2. The van der Waals surface area contributed by atoms with Crippen LogP contribution in [0.5, 0.6) is 5.75 Å². The molecule has 1 amide bonds. The molecule has 0 aliphatic rings. The highest BCUT2D eigenvalue weighted by molar-refractivity contribution is 6.30. The number of aliphatic hydroxyl groups excluding tert-OH is 1. The van der Waals surface area contributed by atoms with Crippen LogP contribution in [-0.2, 0) is 0 Å². The molecule has 1 unspecified atom stereocenters. The molecule has 0 heterocycles. The molecule has 112 valence electrons. The largest absolute Gasteiger partial charge is 0.496 e. The summed E-state index contributed by atoms with van der Waals surface area (Å²) >= 11 is 5.87. The van der Waals surface area contributed by atoms with Gasteiger partial charge in [0.25, 0.3) is 5.91 Å². The molecule has 20 heavy (non-hydrogen) atoms. The SMILES string of the molecule is COc1cc(Cl)ccc1C(=O)NC(CO)CC(C)(C)C. The summed E-state index contributed by atoms with van der Waals surface area (Å²) in [4.78, 5) is 12.2. The van der Waals surface area contributed by atoms with Gasteiger partial charge in [-0.25, -0.2) is 0 Å². The minimum Gasteiger partial charge on any atom is -0.496 e. The number of aliphatic hydroxyl groups is 1. The van der Waals surface area contributed by atoms with Crippen molar-refractivity contribution >= 4 is 17.5 Å². The van der Waals surface area contributed by atoms with Gasteiger partial charge in [-0.2, -0.15) is 0 Å². The molecule has 1 rings (SSSR count). The number of hydrogen-bond acceptors (Lipinski definition) is 3. The Kier molecular flexibility index (Phi) is 5.84. The van der Waals surface area contributed by atoms with E-state index in [9.17, 15) is 9.90 Å². The van der Waals surface area contributed by atoms with Crippen molar-refractivity contribution in [3.63, 3.8) is 0 Å². The van der Waals surface area contributed by atoms with Crippen LogP contribution in [-0.4, -0.2) is 30.8 Å². The molecule has 2 N–H and O–H groups in total. The molecular formula is C15H22ClNO3. The lowest BCUT2D eigenvalue weighted by molar-refractivity contribution is 0.0894. The third-order valence-corrected chi connectivity index (χ3v) is 3.06. The second kappa shape index (κ2) is 6.95. The fraction of sp³-hybridized carbons (Fsp3) is 0.533. The van der Waals surface area contributed by atoms with E-state index in [1.165, 1.54) is 7.11 Å². The molecule has 1 aromatic rings. The third-order valence-electron chi connectivity index (χ3n) is 2.82. The summed E-state index contributed by atoms with van der Waals surface area (Å²) in [6.45, 7) is 6.08. The number of ether oxygens (including phenoxy) is 1. The maximum Gasteiger partial charge on any atom is 0.255 e. The Morgan fingerprint density at radius 3 is 2.60 bits per heavy atom. The van der Waals surface area contributed by atoms with Crippen molar-refractivity contribution in [1.29, 1.82) is 0 Å². The smallest absolute Gasteiger partial charge is 0.255 e. The molecule has 5 heteroatoms. The molecule has 0 saturated heterocycles. The Labute approximate surface area is 125 Å². The summed E-state index contributed by atoms with van der Waals surface area (Å²) < 4.78 is 5.16. The van der Waals surface area contributed by atoms with Gasteiger partial charge in [0.2, 0.25) is 0 Å². The van der Waals surface area contributed by atoms with Crippen LogP contribution >= 0.6 is 11.6 Å². The predicted octanol–water partition coefficient (Wildman–Crippen LogP) is 2.88. The number of benzene rings is 1. The highest BCUT2D eigenvalue weighted by Crippen LogP contribution is 2.24. The van der Waals surface area contributed by atoms with Crippen molar-refractivity contribution in [2.24, 2.45) is 5.41 Å². The van der Waals surface area contributed by atoms with E-state index < -0.39 is 0 Å². The first-order valence-corrected chi connectivity index (χ1v) is 6.90. The van der Waals surface area contributed by atoms with E-state index in [0.717, 1.165) is 0 Å². The van der Waals surface area contributed by atoms with E-state index in [-0.39, 0.29) is 24.0 Å². The topological polar surface area (TPSA) is 58.6 Å². The zero-order chi connectivity index (χ0) is 15.3. The lowest BCUT2D eigenvalue weighted by Crippen LogP contribution is -2.40. The van der Waals surface area contributed by atoms with Crippen LogP contribution in [0.1, 0.15) is 37.6 Å². The van der Waals surface area contributed by atoms with Gasteiger partial charge >= 0.3 is 0 Å². The van der Waals surface area contributed by atoms with Crippen molar-refractivity contribution in [1.82, 2.24) is 5.32 Å². The van der Waals surface area contributed by atoms with Crippen molar-refractivity contribution in [3.05, 3.63) is 28.8 Å². The number of hydrogen-bond donors (Lipinski definition) is 2. The van der Waals surface area contributed by atoms with Crippen LogP contribution in [0.25, 0.3) is 0 Å². The van der Waals surface area contributed by atoms with Gasteiger partial charge in [-0.05, 0) is 30.0 Å². The highest BCUT2D eigenvalue weighted by atomic mass is 35.5. The molecule has 0 saturated carbocycles. The average Bonchev–Trinajstić information content (AvgIpc) is 2.35. The number of methoxy groups -OCH3 is 1. The predicted molar refractivity (Wildman–Crippen MR) is 80.4 cm³/mol. The molecule has 4 nitrogen and oxygen atoms in total. The molecule has 0 aromatic heterocycles. The first-order chi connectivity index (χ1) is 9.26. The van der Waals surface area contributed by atoms with E-state index in [2.05, 4.69) is 26.1 Å². The van der Waals surface area contributed by atoms with Gasteiger partial charge in [-0.15, -0.1) is 0 Å². The number of carbonyl (C=O) groups excluding carboxylic acids is 1. The van der Waals surface area contributed by atoms with Gasteiger partial charge in [0.15, 0.2) is 0 Å². The summed E-state index contributed by atoms with van der Waals surface area (Å²) in [5.41, 5.74) is 0.425. The summed E-state index contributed by atoms with van der Waals surface area (Å²) in [7, 11) is 1.49. The summed E-state index contributed by atoms with van der Waals surface area (Å²) in [5.74, 6) is 0.143. The number of rotatable bonds is 5. The first-order valence-electron chi connectivity index (χ1n) is 6.52. The number of nitrogens with one attached hydrogen (secondary N) is 1. The normalized spacial score (nSPS) is 12.9. The fourth-order valence-electron chi connectivity index (χ4n) is 2.02. The van der Waals surface area contributed by atoms with Crippen molar-refractivity contribution in [3.8, 4) is 5.75 Å². The molecule has 0 bridgehead atoms. The van der Waals surface area contributed by atoms with Gasteiger partial charge in [0.05, 0.1) is 25.3 Å². The van der Waals surface area contributed by atoms with Gasteiger partial charge in [-0.1, -0.05) is 32.4 Å². The van der Waals surface area contributed by atoms with Crippen molar-refractivity contribution in [2.45, 2.75) is 33.2 Å². The number of carbonyl (C=O) groups is 1. The van der Waals surface area contributed by atoms with Gasteiger partial charge in [-0.3, -0.25) is 4.79 Å². The van der Waals surface area contributed by atoms with Gasteiger partial charge in [0, 0.05) is 5.02 Å². The average molecular weight is 300 g/mol. The molecule has 0 fully saturated rings. The van der Waals surface area contributed by atoms with E-state index in [1.807, 2.05) is 0 Å². The van der Waals surface area contributed by atoms with Crippen LogP contribution in [0.15, 0.2) is 18.2 Å². The Bertz CT molecular complexity index is 469. The fourth-order valence-corrected chi connectivity index (χ4v) is 2.18. The minimum absolute atomic E-state index is 0.0186. The zero-order valence-electron chi connectivity index (χ0n) is 12.4. The van der Waals surface area contributed by atoms with Gasteiger partial charge < -0.3 is 15.2 Å². The summed E-state index contributed by atoms with van der Waals surface area (Å²) in [5, 5.41) is 12.7. The quantitative estimate of drug-likeness (QED) is 0.879. The molecule has 1 aromatic carbocycles. The molecule has 1 atom stereocenters. The second-order valence-corrected chi connectivity index (χ2v) is 6.40. The van der Waals surface area contributed by atoms with E-state index in [1.54, 1.807) is 18.2 Å². The Balaban J connectivity index is 2.84. The Morgan fingerprint density at radius 2 is 2.10 bits per heavy atom. The number of halogens is 1. The molecule has 0 radical (unpaired) electrons. The lowest BCUT2D eigenvalue weighted by atomic mass is 9.88. The van der Waals surface area contributed by atoms with Crippen molar-refractivity contribution < 1.29 is 14.6 Å². The maximum atomic E-state index is 12.2. The van der Waals surface area contributed by atoms with E-state index in [4.69, 9.17) is 16.3 Å². The number of amides is 1. The second-order valence-electron chi connectivity index (χ2n) is 5.96. The van der Waals surface area contributed by atoms with E-state index >= 15 is 0 Å². The molecule has 0 spiro atoms. The highest BCUT2D eigenvalue weighted by Gasteiger charge is 2.21. The standard InChI is InChI=1S/C15H22ClNO3/c1-15(2,3)8-11(9-18)17-14(19)12-6-5-10(16)7-13(12)20-4/h5-7,11,18H,8-9H2,1-4H3,(H,17,19). The van der Waals surface area contributed by atoms with Crippen LogP contribution in [0.2, 0.25) is 5.02 Å². The molecular weight excluding hydrogens is 278 g/mol. The van der Waals surface area contributed by atoms with Crippen LogP contribution < -0.4 is 10.1 Å². The van der Waals surface area contributed by atoms with Crippen LogP contribution in [0.4, 0.5) is 0 Å². The van der Waals surface area contributed by atoms with E-state index in [0.29, 0.717) is 22.8 Å². The monoisotopic (exact) mass is 299 g/mol. The molecule has 0 aliphatic heterocycles. The first kappa shape index (κ1) is 16.8. The molecule has 0 aliphatic carbocycles. The van der Waals surface area contributed by atoms with Crippen LogP contribution in [0, 0.1) is 5.41 Å². The zero-order valence-corrected chi connectivity index (χ0v) is 13.1. The minimum atomic E-state index is -0.289. The van der Waals surface area contributed by atoms with Crippen molar-refractivity contribution in [2.75, 3.05) is 13.7 Å². The summed E-state index contributed by atoms with van der Waals surface area (Å²) in [6, 6.07) is 4.55. The van der Waals surface area contributed by atoms with Crippen LogP contribution in [0.3, 0.4) is 0 Å². The Morgan fingerprint density at radius 1 is 1.45 bits per heavy atom.